The van der Waals surface area contributed by atoms with E-state index < -0.39 is 35.2 Å². The van der Waals surface area contributed by atoms with Crippen molar-refractivity contribution in [3.63, 3.8) is 0 Å². The van der Waals surface area contributed by atoms with Gasteiger partial charge < -0.3 is 15.4 Å². The highest BCUT2D eigenvalue weighted by Gasteiger charge is 2.46. The number of benzene rings is 1. The number of nitrogens with one attached hydrogen (secondary N) is 2. The maximum atomic E-state index is 14.6. The summed E-state index contributed by atoms with van der Waals surface area (Å²) in [4.78, 5) is 55.8. The van der Waals surface area contributed by atoms with E-state index in [-0.39, 0.29) is 55.8 Å². The SMILES string of the molecule is Cc1c(F)cccc1C1[C@@H](C(=O)C2C=CCC(=O)N2)CN(CCO)C[C@H]1C(=O)c1cccc(=O)[nH]1. The summed E-state index contributed by atoms with van der Waals surface area (Å²) in [5.41, 5.74) is 0.549. The molecule has 35 heavy (non-hydrogen) atoms. The summed E-state index contributed by atoms with van der Waals surface area (Å²) in [6.45, 7) is 2.12. The Morgan fingerprint density at radius 2 is 1.86 bits per heavy atom. The van der Waals surface area contributed by atoms with Gasteiger partial charge in [0.05, 0.1) is 12.3 Å². The van der Waals surface area contributed by atoms with Crippen molar-refractivity contribution in [2.75, 3.05) is 26.2 Å². The fourth-order valence-electron chi connectivity index (χ4n) is 5.17. The number of carbonyl (C=O) groups is 3. The van der Waals surface area contributed by atoms with Crippen LogP contribution >= 0.6 is 0 Å². The first-order chi connectivity index (χ1) is 16.8. The zero-order valence-electron chi connectivity index (χ0n) is 19.4. The standard InChI is InChI=1S/C26H28FN3O5/c1-15-16(5-2-6-19(15)27)24-17(25(34)20-7-3-9-22(32)28-20)13-30(11-12-31)14-18(24)26(35)21-8-4-10-23(33)29-21/h2-9,17-18,21,24,31H,10-14H2,1H3,(H,28,32)(H,29,33)/t17-,18+,21?,24?/m1/s1. The molecule has 2 unspecified atom stereocenters. The van der Waals surface area contributed by atoms with E-state index in [9.17, 15) is 28.7 Å². The number of aromatic nitrogens is 1. The van der Waals surface area contributed by atoms with E-state index in [1.54, 1.807) is 31.2 Å². The first-order valence-corrected chi connectivity index (χ1v) is 11.6. The monoisotopic (exact) mass is 481 g/mol. The number of carbonyl (C=O) groups excluding carboxylic acids is 3. The molecule has 3 N–H and O–H groups in total. The van der Waals surface area contributed by atoms with Gasteiger partial charge in [0.15, 0.2) is 11.6 Å². The third-order valence-corrected chi connectivity index (χ3v) is 6.85. The van der Waals surface area contributed by atoms with Gasteiger partial charge in [0.25, 0.3) is 0 Å². The molecule has 2 aliphatic rings. The van der Waals surface area contributed by atoms with Crippen molar-refractivity contribution in [2.24, 2.45) is 11.8 Å². The molecule has 1 fully saturated rings. The Balaban J connectivity index is 1.83. The van der Waals surface area contributed by atoms with Crippen molar-refractivity contribution in [3.8, 4) is 0 Å². The second-order valence-electron chi connectivity index (χ2n) is 9.05. The van der Waals surface area contributed by atoms with Crippen molar-refractivity contribution >= 4 is 17.5 Å². The largest absolute Gasteiger partial charge is 0.395 e. The van der Waals surface area contributed by atoms with Gasteiger partial charge in [-0.1, -0.05) is 30.4 Å². The van der Waals surface area contributed by atoms with Crippen LogP contribution in [0.3, 0.4) is 0 Å². The molecule has 184 valence electrons. The van der Waals surface area contributed by atoms with Gasteiger partial charge in [-0.3, -0.25) is 24.1 Å². The lowest BCUT2D eigenvalue weighted by Crippen LogP contribution is -2.55. The van der Waals surface area contributed by atoms with Crippen LogP contribution in [0.1, 0.15) is 34.0 Å². The highest BCUT2D eigenvalue weighted by Crippen LogP contribution is 2.41. The van der Waals surface area contributed by atoms with Crippen molar-refractivity contribution in [2.45, 2.75) is 25.3 Å². The molecule has 0 bridgehead atoms. The molecule has 4 rings (SSSR count). The minimum Gasteiger partial charge on any atom is -0.395 e. The molecule has 1 saturated heterocycles. The minimum absolute atomic E-state index is 0.101. The number of H-pyrrole nitrogens is 1. The highest BCUT2D eigenvalue weighted by atomic mass is 19.1. The average Bonchev–Trinajstić information content (AvgIpc) is 2.85. The minimum atomic E-state index is -0.862. The number of piperidine rings is 1. The molecule has 0 radical (unpaired) electrons. The van der Waals surface area contributed by atoms with Gasteiger partial charge in [-0.15, -0.1) is 0 Å². The third-order valence-electron chi connectivity index (χ3n) is 6.85. The Bertz CT molecular complexity index is 1220. The fourth-order valence-corrected chi connectivity index (χ4v) is 5.17. The Hall–Kier alpha value is -3.43. The van der Waals surface area contributed by atoms with Crippen LogP contribution in [0, 0.1) is 24.6 Å². The summed E-state index contributed by atoms with van der Waals surface area (Å²) in [7, 11) is 0. The molecule has 1 amide bonds. The number of rotatable bonds is 7. The average molecular weight is 482 g/mol. The molecule has 4 atom stereocenters. The molecule has 0 spiro atoms. The number of aliphatic hydroxyl groups excluding tert-OH is 1. The number of likely N-dealkylation sites (tertiary alicyclic amines) is 1. The van der Waals surface area contributed by atoms with E-state index in [0.717, 1.165) is 0 Å². The third kappa shape index (κ3) is 5.16. The van der Waals surface area contributed by atoms with Crippen LogP contribution in [0.5, 0.6) is 0 Å². The molecule has 1 aromatic heterocycles. The number of aromatic amines is 1. The lowest BCUT2D eigenvalue weighted by molar-refractivity contribution is -0.131. The van der Waals surface area contributed by atoms with Crippen molar-refractivity contribution in [3.05, 3.63) is 81.5 Å². The molecule has 0 aliphatic carbocycles. The van der Waals surface area contributed by atoms with Gasteiger partial charge in [0, 0.05) is 49.9 Å². The number of pyridine rings is 1. The van der Waals surface area contributed by atoms with Gasteiger partial charge >= 0.3 is 0 Å². The maximum Gasteiger partial charge on any atom is 0.248 e. The van der Waals surface area contributed by atoms with Crippen LogP contribution in [0.4, 0.5) is 4.39 Å². The van der Waals surface area contributed by atoms with Crippen molar-refractivity contribution in [1.82, 2.24) is 15.2 Å². The second kappa shape index (κ2) is 10.5. The van der Waals surface area contributed by atoms with Gasteiger partial charge in [-0.05, 0) is 30.2 Å². The topological polar surface area (TPSA) is 120 Å². The summed E-state index contributed by atoms with van der Waals surface area (Å²) in [6, 6.07) is 8.01. The summed E-state index contributed by atoms with van der Waals surface area (Å²) in [5.74, 6) is -3.65. The summed E-state index contributed by atoms with van der Waals surface area (Å²) >= 11 is 0. The lowest BCUT2D eigenvalue weighted by atomic mass is 9.68. The molecule has 1 aromatic carbocycles. The van der Waals surface area contributed by atoms with E-state index in [4.69, 9.17) is 0 Å². The van der Waals surface area contributed by atoms with Crippen molar-refractivity contribution in [1.29, 1.82) is 0 Å². The smallest absolute Gasteiger partial charge is 0.248 e. The molecular formula is C26H28FN3O5. The van der Waals surface area contributed by atoms with E-state index in [0.29, 0.717) is 11.1 Å². The molecule has 0 saturated carbocycles. The maximum absolute atomic E-state index is 14.6. The number of halogens is 1. The predicted molar refractivity (Wildman–Crippen MR) is 126 cm³/mol. The van der Waals surface area contributed by atoms with E-state index in [1.807, 2.05) is 4.90 Å². The van der Waals surface area contributed by atoms with E-state index >= 15 is 0 Å². The Labute approximate surface area is 201 Å². The molecule has 9 heteroatoms. The van der Waals surface area contributed by atoms with Crippen LogP contribution in [-0.2, 0) is 9.59 Å². The zero-order valence-corrected chi connectivity index (χ0v) is 19.4. The van der Waals surface area contributed by atoms with Gasteiger partial charge in [0.1, 0.15) is 11.9 Å². The van der Waals surface area contributed by atoms with Crippen LogP contribution in [0.15, 0.2) is 53.3 Å². The van der Waals surface area contributed by atoms with Gasteiger partial charge in [-0.2, -0.15) is 0 Å². The van der Waals surface area contributed by atoms with E-state index in [1.165, 1.54) is 24.3 Å². The number of nitrogens with zero attached hydrogens (tertiary/aromatic N) is 1. The number of hydrogen-bond acceptors (Lipinski definition) is 6. The van der Waals surface area contributed by atoms with E-state index in [2.05, 4.69) is 10.3 Å². The summed E-state index contributed by atoms with van der Waals surface area (Å²) < 4.78 is 14.6. The second-order valence-corrected chi connectivity index (χ2v) is 9.05. The van der Waals surface area contributed by atoms with Crippen LogP contribution < -0.4 is 10.9 Å². The summed E-state index contributed by atoms with van der Waals surface area (Å²) in [5, 5.41) is 12.3. The number of hydrogen-bond donors (Lipinski definition) is 3. The predicted octanol–water partition coefficient (Wildman–Crippen LogP) is 1.34. The number of aliphatic hydroxyl groups is 1. The first kappa shape index (κ1) is 24.7. The fraction of sp³-hybridized carbons (Fsp3) is 0.385. The first-order valence-electron chi connectivity index (χ1n) is 11.6. The number of amides is 1. The quantitative estimate of drug-likeness (QED) is 0.406. The Morgan fingerprint density at radius 1 is 1.11 bits per heavy atom. The molecule has 3 heterocycles. The normalized spacial score (nSPS) is 24.7. The van der Waals surface area contributed by atoms with Crippen LogP contribution in [0.2, 0.25) is 0 Å². The number of β-amino-alcohol motifs (C(OH)–C–C–N with tert-alkyl or cyclic N) is 1. The van der Waals surface area contributed by atoms with Crippen LogP contribution in [-0.4, -0.2) is 64.7 Å². The zero-order chi connectivity index (χ0) is 25.1. The molecule has 2 aromatic rings. The Kier molecular flexibility index (Phi) is 7.37. The van der Waals surface area contributed by atoms with Gasteiger partial charge in [-0.25, -0.2) is 4.39 Å². The molecular weight excluding hydrogens is 453 g/mol. The molecule has 2 aliphatic heterocycles. The number of Topliss-reactive ketones (excluding diaryl/α,β-unsaturated/α-hetero) is 2. The summed E-state index contributed by atoms with van der Waals surface area (Å²) in [6.07, 6.45) is 3.45. The van der Waals surface area contributed by atoms with Crippen molar-refractivity contribution < 1.29 is 23.9 Å². The molecule has 8 nitrogen and oxygen atoms in total. The Morgan fingerprint density at radius 3 is 2.57 bits per heavy atom. The highest BCUT2D eigenvalue weighted by molar-refractivity contribution is 5.99. The lowest BCUT2D eigenvalue weighted by Gasteiger charge is -2.44. The van der Waals surface area contributed by atoms with Crippen LogP contribution in [0.25, 0.3) is 0 Å². The van der Waals surface area contributed by atoms with Gasteiger partial charge in [0.2, 0.25) is 11.5 Å². The number of ketones is 2.